The summed E-state index contributed by atoms with van der Waals surface area (Å²) in [6, 6.07) is 3.96. The number of nitrogens with zero attached hydrogens (tertiary/aromatic N) is 1. The highest BCUT2D eigenvalue weighted by Gasteiger charge is 1.95. The lowest BCUT2D eigenvalue weighted by atomic mass is 10.2. The van der Waals surface area contributed by atoms with E-state index in [1.165, 1.54) is 5.56 Å². The summed E-state index contributed by atoms with van der Waals surface area (Å²) < 4.78 is 0. The first-order valence-electron chi connectivity index (χ1n) is 4.30. The van der Waals surface area contributed by atoms with Crippen molar-refractivity contribution in [2.24, 2.45) is 0 Å². The maximum absolute atomic E-state index is 10.6. The van der Waals surface area contributed by atoms with Gasteiger partial charge >= 0.3 is 0 Å². The van der Waals surface area contributed by atoms with Crippen LogP contribution in [0.5, 0.6) is 0 Å². The highest BCUT2D eigenvalue weighted by atomic mass is 16.1. The molecule has 0 atom stereocenters. The topological polar surface area (TPSA) is 42.0 Å². The molecule has 0 aliphatic rings. The van der Waals surface area contributed by atoms with E-state index in [2.05, 4.69) is 10.3 Å². The smallest absolute Gasteiger partial charge is 0.143 e. The standard InChI is InChI=1S/C10H14N2O/c1-8-3-4-12-10(5-8)7-11-6-9(2)13/h3-5,11H,6-7H2,1-2H3. The summed E-state index contributed by atoms with van der Waals surface area (Å²) in [5.41, 5.74) is 2.16. The van der Waals surface area contributed by atoms with Crippen LogP contribution in [0.1, 0.15) is 18.2 Å². The van der Waals surface area contributed by atoms with Crippen LogP contribution in [0.3, 0.4) is 0 Å². The molecule has 1 rings (SSSR count). The Balaban J connectivity index is 2.41. The molecule has 0 aliphatic carbocycles. The minimum atomic E-state index is 0.146. The molecular formula is C10H14N2O. The van der Waals surface area contributed by atoms with Crippen LogP contribution in [0.15, 0.2) is 18.3 Å². The zero-order valence-electron chi connectivity index (χ0n) is 8.00. The van der Waals surface area contributed by atoms with Crippen molar-refractivity contribution in [2.45, 2.75) is 20.4 Å². The molecule has 0 unspecified atom stereocenters. The van der Waals surface area contributed by atoms with Crippen LogP contribution < -0.4 is 5.32 Å². The van der Waals surface area contributed by atoms with E-state index in [0.29, 0.717) is 13.1 Å². The van der Waals surface area contributed by atoms with Gasteiger partial charge in [-0.1, -0.05) is 0 Å². The molecule has 0 bridgehead atoms. The normalized spacial score (nSPS) is 10.0. The minimum Gasteiger partial charge on any atom is -0.304 e. The van der Waals surface area contributed by atoms with Gasteiger partial charge in [-0.2, -0.15) is 0 Å². The molecular weight excluding hydrogens is 164 g/mol. The molecule has 0 radical (unpaired) electrons. The summed E-state index contributed by atoms with van der Waals surface area (Å²) in [7, 11) is 0. The molecule has 1 aromatic heterocycles. The van der Waals surface area contributed by atoms with Gasteiger partial charge in [0.1, 0.15) is 5.78 Å². The second kappa shape index (κ2) is 4.72. The van der Waals surface area contributed by atoms with Crippen molar-refractivity contribution in [3.63, 3.8) is 0 Å². The molecule has 3 heteroatoms. The molecule has 0 spiro atoms. The molecule has 70 valence electrons. The first-order chi connectivity index (χ1) is 6.18. The van der Waals surface area contributed by atoms with Gasteiger partial charge in [-0.3, -0.25) is 9.78 Å². The molecule has 0 fully saturated rings. The maximum Gasteiger partial charge on any atom is 0.143 e. The number of ketones is 1. The van der Waals surface area contributed by atoms with E-state index in [-0.39, 0.29) is 5.78 Å². The van der Waals surface area contributed by atoms with E-state index >= 15 is 0 Å². The number of aryl methyl sites for hydroxylation is 1. The van der Waals surface area contributed by atoms with Crippen LogP contribution in [0.4, 0.5) is 0 Å². The number of rotatable bonds is 4. The van der Waals surface area contributed by atoms with Crippen LogP contribution in [0.2, 0.25) is 0 Å². The fraction of sp³-hybridized carbons (Fsp3) is 0.400. The quantitative estimate of drug-likeness (QED) is 0.749. The number of hydrogen-bond acceptors (Lipinski definition) is 3. The Labute approximate surface area is 78.2 Å². The second-order valence-corrected chi connectivity index (χ2v) is 3.13. The number of pyridine rings is 1. The molecule has 0 aromatic carbocycles. The van der Waals surface area contributed by atoms with Gasteiger partial charge < -0.3 is 5.32 Å². The zero-order chi connectivity index (χ0) is 9.68. The van der Waals surface area contributed by atoms with Gasteiger partial charge in [0.25, 0.3) is 0 Å². The number of nitrogens with one attached hydrogen (secondary N) is 1. The van der Waals surface area contributed by atoms with Crippen LogP contribution >= 0.6 is 0 Å². The van der Waals surface area contributed by atoms with Crippen LogP contribution in [-0.2, 0) is 11.3 Å². The Kier molecular flexibility index (Phi) is 3.58. The van der Waals surface area contributed by atoms with Gasteiger partial charge in [0.2, 0.25) is 0 Å². The fourth-order valence-electron chi connectivity index (χ4n) is 1.06. The maximum atomic E-state index is 10.6. The summed E-state index contributed by atoms with van der Waals surface area (Å²) in [5, 5.41) is 3.02. The van der Waals surface area contributed by atoms with Crippen molar-refractivity contribution < 1.29 is 4.79 Å². The van der Waals surface area contributed by atoms with E-state index in [9.17, 15) is 4.79 Å². The van der Waals surface area contributed by atoms with E-state index in [4.69, 9.17) is 0 Å². The molecule has 0 saturated heterocycles. The first-order valence-corrected chi connectivity index (χ1v) is 4.30. The Morgan fingerprint density at radius 3 is 3.00 bits per heavy atom. The van der Waals surface area contributed by atoms with Gasteiger partial charge in [0.05, 0.1) is 12.2 Å². The predicted molar refractivity (Wildman–Crippen MR) is 51.4 cm³/mol. The second-order valence-electron chi connectivity index (χ2n) is 3.13. The third-order valence-electron chi connectivity index (χ3n) is 1.65. The van der Waals surface area contributed by atoms with Crippen molar-refractivity contribution in [2.75, 3.05) is 6.54 Å². The molecule has 1 heterocycles. The monoisotopic (exact) mass is 178 g/mol. The molecule has 0 aliphatic heterocycles. The number of aromatic nitrogens is 1. The lowest BCUT2D eigenvalue weighted by Crippen LogP contribution is -2.20. The third-order valence-corrected chi connectivity index (χ3v) is 1.65. The number of carbonyl (C=O) groups is 1. The van der Waals surface area contributed by atoms with Crippen molar-refractivity contribution in [3.05, 3.63) is 29.6 Å². The largest absolute Gasteiger partial charge is 0.304 e. The van der Waals surface area contributed by atoms with Gasteiger partial charge in [-0.15, -0.1) is 0 Å². The van der Waals surface area contributed by atoms with Crippen molar-refractivity contribution in [1.82, 2.24) is 10.3 Å². The third kappa shape index (κ3) is 3.80. The van der Waals surface area contributed by atoms with Gasteiger partial charge in [-0.25, -0.2) is 0 Å². The highest BCUT2D eigenvalue weighted by molar-refractivity contribution is 5.77. The summed E-state index contributed by atoms with van der Waals surface area (Å²) >= 11 is 0. The van der Waals surface area contributed by atoms with E-state index in [1.54, 1.807) is 13.1 Å². The number of carbonyl (C=O) groups excluding carboxylic acids is 1. The summed E-state index contributed by atoms with van der Waals surface area (Å²) in [5.74, 6) is 0.146. The van der Waals surface area contributed by atoms with Crippen LogP contribution in [0.25, 0.3) is 0 Å². The Bertz CT molecular complexity index is 297. The van der Waals surface area contributed by atoms with Crippen LogP contribution in [0, 0.1) is 6.92 Å². The van der Waals surface area contributed by atoms with Crippen molar-refractivity contribution >= 4 is 5.78 Å². The Hall–Kier alpha value is -1.22. The summed E-state index contributed by atoms with van der Waals surface area (Å²) in [6.45, 7) is 4.66. The van der Waals surface area contributed by atoms with E-state index in [1.807, 2.05) is 19.1 Å². The van der Waals surface area contributed by atoms with Crippen molar-refractivity contribution in [3.8, 4) is 0 Å². The van der Waals surface area contributed by atoms with Crippen LogP contribution in [-0.4, -0.2) is 17.3 Å². The molecule has 0 amide bonds. The number of Topliss-reactive ketones (excluding diaryl/α,β-unsaturated/α-hetero) is 1. The SMILES string of the molecule is CC(=O)CNCc1cc(C)ccn1. The molecule has 1 N–H and O–H groups in total. The Morgan fingerprint density at radius 1 is 1.62 bits per heavy atom. The molecule has 13 heavy (non-hydrogen) atoms. The lowest BCUT2D eigenvalue weighted by molar-refractivity contribution is -0.116. The number of hydrogen-bond donors (Lipinski definition) is 1. The highest BCUT2D eigenvalue weighted by Crippen LogP contribution is 1.98. The van der Waals surface area contributed by atoms with Gasteiger partial charge in [0.15, 0.2) is 0 Å². The molecule has 0 saturated carbocycles. The fourth-order valence-corrected chi connectivity index (χ4v) is 1.06. The lowest BCUT2D eigenvalue weighted by Gasteiger charge is -2.02. The van der Waals surface area contributed by atoms with E-state index < -0.39 is 0 Å². The molecule has 1 aromatic rings. The first kappa shape index (κ1) is 9.86. The van der Waals surface area contributed by atoms with E-state index in [0.717, 1.165) is 5.69 Å². The zero-order valence-corrected chi connectivity index (χ0v) is 8.00. The van der Waals surface area contributed by atoms with Gasteiger partial charge in [0, 0.05) is 12.7 Å². The molecule has 3 nitrogen and oxygen atoms in total. The Morgan fingerprint density at radius 2 is 2.38 bits per heavy atom. The summed E-state index contributed by atoms with van der Waals surface area (Å²) in [6.07, 6.45) is 1.78. The average Bonchev–Trinajstić information content (AvgIpc) is 2.03. The minimum absolute atomic E-state index is 0.146. The summed E-state index contributed by atoms with van der Waals surface area (Å²) in [4.78, 5) is 14.8. The average molecular weight is 178 g/mol. The van der Waals surface area contributed by atoms with Gasteiger partial charge in [-0.05, 0) is 31.5 Å². The van der Waals surface area contributed by atoms with Crippen molar-refractivity contribution in [1.29, 1.82) is 0 Å². The predicted octanol–water partition coefficient (Wildman–Crippen LogP) is 1.07.